The minimum atomic E-state index is -1.07. The molecule has 1 heterocycles. The molecular formula is C14H17N3O4. The minimum Gasteiger partial charge on any atom is -0.449 e. The average molecular weight is 291 g/mol. The number of esters is 1. The number of pyridine rings is 1. The Balaban J connectivity index is 1.83. The molecular weight excluding hydrogens is 274 g/mol. The summed E-state index contributed by atoms with van der Waals surface area (Å²) in [6.45, 7) is 3.20. The highest BCUT2D eigenvalue weighted by Gasteiger charge is 2.26. The van der Waals surface area contributed by atoms with E-state index in [4.69, 9.17) is 4.74 Å². The van der Waals surface area contributed by atoms with Gasteiger partial charge in [0.05, 0.1) is 5.56 Å². The van der Waals surface area contributed by atoms with Crippen LogP contribution in [0.3, 0.4) is 0 Å². The van der Waals surface area contributed by atoms with Crippen molar-refractivity contribution in [1.29, 1.82) is 0 Å². The van der Waals surface area contributed by atoms with Gasteiger partial charge in [0.2, 0.25) is 0 Å². The van der Waals surface area contributed by atoms with Gasteiger partial charge in [-0.2, -0.15) is 0 Å². The van der Waals surface area contributed by atoms with Crippen LogP contribution in [0.25, 0.3) is 0 Å². The number of aromatic nitrogens is 1. The quantitative estimate of drug-likeness (QED) is 0.804. The molecule has 1 saturated carbocycles. The summed E-state index contributed by atoms with van der Waals surface area (Å²) in [6.07, 6.45) is 2.16. The highest BCUT2D eigenvalue weighted by molar-refractivity contribution is 5.98. The minimum absolute atomic E-state index is 0.147. The Morgan fingerprint density at radius 1 is 1.33 bits per heavy atom. The van der Waals surface area contributed by atoms with Gasteiger partial charge in [0.15, 0.2) is 6.10 Å². The van der Waals surface area contributed by atoms with Gasteiger partial charge in [-0.3, -0.25) is 15.1 Å². The predicted molar refractivity (Wildman–Crippen MR) is 73.5 cm³/mol. The van der Waals surface area contributed by atoms with Gasteiger partial charge in [0.1, 0.15) is 0 Å². The van der Waals surface area contributed by atoms with Crippen LogP contribution in [-0.4, -0.2) is 35.0 Å². The summed E-state index contributed by atoms with van der Waals surface area (Å²) in [5.74, 6) is -1.32. The Morgan fingerprint density at radius 3 is 2.62 bits per heavy atom. The molecule has 1 aliphatic carbocycles. The van der Waals surface area contributed by atoms with E-state index in [1.807, 2.05) is 0 Å². The van der Waals surface area contributed by atoms with Gasteiger partial charge in [-0.1, -0.05) is 0 Å². The van der Waals surface area contributed by atoms with E-state index in [9.17, 15) is 14.4 Å². The van der Waals surface area contributed by atoms with Gasteiger partial charge in [0.25, 0.3) is 5.91 Å². The van der Waals surface area contributed by atoms with E-state index >= 15 is 0 Å². The van der Waals surface area contributed by atoms with Crippen molar-refractivity contribution in [3.8, 4) is 0 Å². The van der Waals surface area contributed by atoms with Crippen LogP contribution in [-0.2, 0) is 9.53 Å². The average Bonchev–Trinajstić information content (AvgIpc) is 3.22. The second kappa shape index (κ2) is 6.34. The van der Waals surface area contributed by atoms with Crippen molar-refractivity contribution in [2.24, 2.45) is 0 Å². The maximum atomic E-state index is 11.8. The standard InChI is InChI=1S/C14H17N3O4/c1-8-3-4-10(7-15-8)13(19)21-9(2)12(18)17-14(20)16-11-5-6-11/h3-4,7,9,11H,5-6H2,1-2H3,(H2,16,17,18,20)/t9-/m1/s1. The number of urea groups is 1. The number of nitrogens with one attached hydrogen (secondary N) is 2. The Labute approximate surface area is 122 Å². The van der Waals surface area contributed by atoms with Crippen molar-refractivity contribution in [1.82, 2.24) is 15.6 Å². The Kier molecular flexibility index (Phi) is 4.52. The largest absolute Gasteiger partial charge is 0.449 e. The molecule has 2 rings (SSSR count). The van der Waals surface area contributed by atoms with Crippen LogP contribution in [0.5, 0.6) is 0 Å². The lowest BCUT2D eigenvalue weighted by Gasteiger charge is -2.13. The number of amides is 3. The number of rotatable bonds is 4. The summed E-state index contributed by atoms with van der Waals surface area (Å²) in [7, 11) is 0. The van der Waals surface area contributed by atoms with Gasteiger partial charge in [-0.15, -0.1) is 0 Å². The van der Waals surface area contributed by atoms with Crippen molar-refractivity contribution in [2.75, 3.05) is 0 Å². The van der Waals surface area contributed by atoms with Gasteiger partial charge in [-0.25, -0.2) is 9.59 Å². The van der Waals surface area contributed by atoms with Crippen LogP contribution in [0.2, 0.25) is 0 Å². The fourth-order valence-electron chi connectivity index (χ4n) is 1.53. The van der Waals surface area contributed by atoms with Crippen LogP contribution >= 0.6 is 0 Å². The molecule has 0 aliphatic heterocycles. The molecule has 1 atom stereocenters. The van der Waals surface area contributed by atoms with Crippen LogP contribution in [0.1, 0.15) is 35.8 Å². The number of hydrogen-bond acceptors (Lipinski definition) is 5. The fourth-order valence-corrected chi connectivity index (χ4v) is 1.53. The third-order valence-electron chi connectivity index (χ3n) is 2.95. The van der Waals surface area contributed by atoms with Crippen molar-refractivity contribution in [3.05, 3.63) is 29.6 Å². The van der Waals surface area contributed by atoms with Gasteiger partial charge < -0.3 is 10.1 Å². The number of nitrogens with zero attached hydrogens (tertiary/aromatic N) is 1. The molecule has 1 aliphatic rings. The highest BCUT2D eigenvalue weighted by Crippen LogP contribution is 2.18. The highest BCUT2D eigenvalue weighted by atomic mass is 16.5. The van der Waals surface area contributed by atoms with E-state index < -0.39 is 24.0 Å². The van der Waals surface area contributed by atoms with E-state index in [0.717, 1.165) is 18.5 Å². The number of imide groups is 1. The molecule has 2 N–H and O–H groups in total. The molecule has 1 aromatic rings. The molecule has 0 bridgehead atoms. The van der Waals surface area contributed by atoms with E-state index in [1.165, 1.54) is 13.1 Å². The number of aryl methyl sites for hydroxylation is 1. The lowest BCUT2D eigenvalue weighted by molar-refractivity contribution is -0.127. The summed E-state index contributed by atoms with van der Waals surface area (Å²) in [5.41, 5.74) is 1.02. The monoisotopic (exact) mass is 291 g/mol. The van der Waals surface area contributed by atoms with E-state index in [0.29, 0.717) is 0 Å². The lowest BCUT2D eigenvalue weighted by atomic mass is 10.2. The maximum Gasteiger partial charge on any atom is 0.340 e. The molecule has 0 saturated heterocycles. The maximum absolute atomic E-state index is 11.8. The molecule has 3 amide bonds. The van der Waals surface area contributed by atoms with Gasteiger partial charge in [0, 0.05) is 17.9 Å². The third kappa shape index (κ3) is 4.55. The molecule has 0 aromatic carbocycles. The smallest absolute Gasteiger partial charge is 0.340 e. The van der Waals surface area contributed by atoms with Crippen LogP contribution in [0.4, 0.5) is 4.79 Å². The fraction of sp³-hybridized carbons (Fsp3) is 0.429. The molecule has 0 unspecified atom stereocenters. The van der Waals surface area contributed by atoms with Crippen molar-refractivity contribution in [2.45, 2.75) is 38.8 Å². The van der Waals surface area contributed by atoms with E-state index in [1.54, 1.807) is 19.1 Å². The first-order chi connectivity index (χ1) is 9.95. The van der Waals surface area contributed by atoms with E-state index in [2.05, 4.69) is 15.6 Å². The second-order valence-corrected chi connectivity index (χ2v) is 4.97. The molecule has 7 heteroatoms. The molecule has 0 radical (unpaired) electrons. The van der Waals surface area contributed by atoms with Crippen molar-refractivity contribution in [3.63, 3.8) is 0 Å². The first-order valence-electron chi connectivity index (χ1n) is 6.70. The number of carbonyl (C=O) groups excluding carboxylic acids is 3. The van der Waals surface area contributed by atoms with E-state index in [-0.39, 0.29) is 11.6 Å². The zero-order valence-electron chi connectivity index (χ0n) is 11.9. The predicted octanol–water partition coefficient (Wildman–Crippen LogP) is 0.924. The summed E-state index contributed by atoms with van der Waals surface area (Å²) in [5, 5.41) is 4.74. The number of carbonyl (C=O) groups is 3. The summed E-state index contributed by atoms with van der Waals surface area (Å²) in [6, 6.07) is 2.82. The molecule has 112 valence electrons. The Morgan fingerprint density at radius 2 is 2.05 bits per heavy atom. The summed E-state index contributed by atoms with van der Waals surface area (Å²) in [4.78, 5) is 38.9. The van der Waals surface area contributed by atoms with Crippen molar-refractivity contribution >= 4 is 17.9 Å². The second-order valence-electron chi connectivity index (χ2n) is 4.97. The zero-order valence-corrected chi connectivity index (χ0v) is 11.9. The van der Waals surface area contributed by atoms with Gasteiger partial charge >= 0.3 is 12.0 Å². The van der Waals surface area contributed by atoms with Gasteiger partial charge in [-0.05, 0) is 38.8 Å². The number of ether oxygens (including phenoxy) is 1. The molecule has 1 aromatic heterocycles. The SMILES string of the molecule is Cc1ccc(C(=O)O[C@H](C)C(=O)NC(=O)NC2CC2)cn1. The summed E-state index contributed by atoms with van der Waals surface area (Å²) >= 11 is 0. The third-order valence-corrected chi connectivity index (χ3v) is 2.95. The molecule has 0 spiro atoms. The summed E-state index contributed by atoms with van der Waals surface area (Å²) < 4.78 is 4.99. The normalized spacial score (nSPS) is 15.0. The topological polar surface area (TPSA) is 97.4 Å². The Hall–Kier alpha value is -2.44. The number of hydrogen-bond donors (Lipinski definition) is 2. The van der Waals surface area contributed by atoms with Crippen molar-refractivity contribution < 1.29 is 19.1 Å². The van der Waals surface area contributed by atoms with Crippen LogP contribution in [0.15, 0.2) is 18.3 Å². The van der Waals surface area contributed by atoms with Crippen LogP contribution in [0, 0.1) is 6.92 Å². The first kappa shape index (κ1) is 15.0. The molecule has 1 fully saturated rings. The lowest BCUT2D eigenvalue weighted by Crippen LogP contribution is -2.45. The molecule has 7 nitrogen and oxygen atoms in total. The Bertz CT molecular complexity index is 552. The zero-order chi connectivity index (χ0) is 15.4. The first-order valence-corrected chi connectivity index (χ1v) is 6.70. The van der Waals surface area contributed by atoms with Crippen LogP contribution < -0.4 is 10.6 Å². The molecule has 21 heavy (non-hydrogen) atoms.